The van der Waals surface area contributed by atoms with Crippen molar-refractivity contribution < 1.29 is 9.13 Å². The Labute approximate surface area is 60.9 Å². The Hall–Kier alpha value is -0.410. The highest BCUT2D eigenvalue weighted by Crippen LogP contribution is 1.83. The molecule has 0 bridgehead atoms. The van der Waals surface area contributed by atoms with E-state index in [1.165, 1.54) is 0 Å². The molecule has 0 amide bonds. The van der Waals surface area contributed by atoms with Gasteiger partial charge in [0.15, 0.2) is 0 Å². The first kappa shape index (κ1) is 9.59. The molecule has 0 saturated carbocycles. The lowest BCUT2D eigenvalue weighted by atomic mass is 10.3. The van der Waals surface area contributed by atoms with Crippen molar-refractivity contribution in [3.05, 3.63) is 12.2 Å². The summed E-state index contributed by atoms with van der Waals surface area (Å²) in [7, 11) is 0. The van der Waals surface area contributed by atoms with Gasteiger partial charge in [0.2, 0.25) is 0 Å². The van der Waals surface area contributed by atoms with Crippen molar-refractivity contribution in [1.29, 1.82) is 0 Å². The second-order valence-electron chi connectivity index (χ2n) is 1.91. The highest BCUT2D eigenvalue weighted by molar-refractivity contribution is 4.90. The van der Waals surface area contributed by atoms with Crippen molar-refractivity contribution in [3.8, 4) is 0 Å². The molecule has 3 heteroatoms. The molecule has 0 aliphatic carbocycles. The van der Waals surface area contributed by atoms with Gasteiger partial charge in [-0.2, -0.15) is 0 Å². The third-order valence-electron chi connectivity index (χ3n) is 0.980. The minimum atomic E-state index is -0.511. The van der Waals surface area contributed by atoms with Crippen LogP contribution in [0, 0.1) is 0 Å². The number of ether oxygens (including phenoxy) is 1. The van der Waals surface area contributed by atoms with E-state index in [4.69, 9.17) is 10.5 Å². The van der Waals surface area contributed by atoms with Gasteiger partial charge in [-0.25, -0.2) is 4.39 Å². The van der Waals surface area contributed by atoms with Gasteiger partial charge in [0.25, 0.3) is 0 Å². The molecular weight excluding hydrogens is 133 g/mol. The summed E-state index contributed by atoms with van der Waals surface area (Å²) < 4.78 is 16.6. The van der Waals surface area contributed by atoms with Gasteiger partial charge in [0, 0.05) is 6.61 Å². The number of hydrogen-bond acceptors (Lipinski definition) is 2. The summed E-state index contributed by atoms with van der Waals surface area (Å²) in [6.45, 7) is 2.59. The first-order valence-electron chi connectivity index (χ1n) is 3.37. The van der Waals surface area contributed by atoms with Crippen molar-refractivity contribution in [2.45, 2.75) is 13.0 Å². The molecule has 0 aliphatic heterocycles. The fourth-order valence-electron chi connectivity index (χ4n) is 0.468. The van der Waals surface area contributed by atoms with Crippen LogP contribution in [0.5, 0.6) is 0 Å². The first-order chi connectivity index (χ1) is 4.81. The molecule has 0 fully saturated rings. The summed E-state index contributed by atoms with van der Waals surface area (Å²) in [4.78, 5) is 0. The molecular formula is C7H14FNO. The van der Waals surface area contributed by atoms with E-state index in [-0.39, 0.29) is 0 Å². The smallest absolute Gasteiger partial charge is 0.108 e. The predicted octanol–water partition coefficient (Wildman–Crippen LogP) is 0.876. The van der Waals surface area contributed by atoms with Gasteiger partial charge in [-0.05, 0) is 6.92 Å². The first-order valence-corrected chi connectivity index (χ1v) is 3.37. The normalized spacial score (nSPS) is 14.3. The van der Waals surface area contributed by atoms with E-state index in [9.17, 15) is 4.39 Å². The standard InChI is InChI=1S/C7H14FNO/c1-2-10-5-3-4-7(9)6-8/h3-4,7H,2,5-6,9H2,1H3/b4-3+. The fourth-order valence-corrected chi connectivity index (χ4v) is 0.468. The van der Waals surface area contributed by atoms with E-state index < -0.39 is 12.7 Å². The van der Waals surface area contributed by atoms with Crippen LogP contribution in [0.3, 0.4) is 0 Å². The van der Waals surface area contributed by atoms with Crippen LogP contribution in [0.4, 0.5) is 4.39 Å². The number of rotatable bonds is 5. The van der Waals surface area contributed by atoms with Crippen LogP contribution in [0.15, 0.2) is 12.2 Å². The third kappa shape index (κ3) is 5.72. The molecule has 0 aliphatic rings. The van der Waals surface area contributed by atoms with Gasteiger partial charge in [0.05, 0.1) is 12.6 Å². The highest BCUT2D eigenvalue weighted by Gasteiger charge is 1.91. The second kappa shape index (κ2) is 6.71. The molecule has 1 atom stereocenters. The lowest BCUT2D eigenvalue weighted by molar-refractivity contribution is 0.177. The van der Waals surface area contributed by atoms with Crippen LogP contribution < -0.4 is 5.73 Å². The summed E-state index contributed by atoms with van der Waals surface area (Å²) in [5.74, 6) is 0. The summed E-state index contributed by atoms with van der Waals surface area (Å²) >= 11 is 0. The van der Waals surface area contributed by atoms with Crippen LogP contribution in [0.2, 0.25) is 0 Å². The van der Waals surface area contributed by atoms with Crippen LogP contribution in [0.25, 0.3) is 0 Å². The summed E-state index contributed by atoms with van der Waals surface area (Å²) in [6, 6.07) is -0.472. The minimum absolute atomic E-state index is 0.472. The molecule has 60 valence electrons. The third-order valence-corrected chi connectivity index (χ3v) is 0.980. The molecule has 1 unspecified atom stereocenters. The highest BCUT2D eigenvalue weighted by atomic mass is 19.1. The SMILES string of the molecule is CCOC/C=C/C(N)CF. The molecule has 0 rings (SSSR count). The minimum Gasteiger partial charge on any atom is -0.378 e. The quantitative estimate of drug-likeness (QED) is 0.462. The Kier molecular flexibility index (Phi) is 6.43. The van der Waals surface area contributed by atoms with Crippen LogP contribution in [-0.4, -0.2) is 25.9 Å². The van der Waals surface area contributed by atoms with Gasteiger partial charge in [0.1, 0.15) is 6.67 Å². The van der Waals surface area contributed by atoms with Crippen molar-refractivity contribution in [1.82, 2.24) is 0 Å². The Morgan fingerprint density at radius 1 is 1.70 bits per heavy atom. The molecule has 2 N–H and O–H groups in total. The molecule has 0 aromatic carbocycles. The maximum atomic E-state index is 11.7. The van der Waals surface area contributed by atoms with Gasteiger partial charge in [-0.3, -0.25) is 0 Å². The lowest BCUT2D eigenvalue weighted by Gasteiger charge is -1.97. The summed E-state index contributed by atoms with van der Waals surface area (Å²) in [6.07, 6.45) is 3.34. The maximum absolute atomic E-state index is 11.7. The monoisotopic (exact) mass is 147 g/mol. The maximum Gasteiger partial charge on any atom is 0.108 e. The molecule has 2 nitrogen and oxygen atoms in total. The molecule has 10 heavy (non-hydrogen) atoms. The zero-order chi connectivity index (χ0) is 7.82. The second-order valence-corrected chi connectivity index (χ2v) is 1.91. The predicted molar refractivity (Wildman–Crippen MR) is 39.6 cm³/mol. The Morgan fingerprint density at radius 2 is 2.40 bits per heavy atom. The van der Waals surface area contributed by atoms with E-state index in [0.29, 0.717) is 13.2 Å². The van der Waals surface area contributed by atoms with Crippen molar-refractivity contribution in [3.63, 3.8) is 0 Å². The summed E-state index contributed by atoms with van der Waals surface area (Å²) in [5.41, 5.74) is 5.24. The molecule has 0 spiro atoms. The van der Waals surface area contributed by atoms with Crippen LogP contribution >= 0.6 is 0 Å². The zero-order valence-corrected chi connectivity index (χ0v) is 6.22. The largest absolute Gasteiger partial charge is 0.378 e. The Morgan fingerprint density at radius 3 is 2.90 bits per heavy atom. The average molecular weight is 147 g/mol. The van der Waals surface area contributed by atoms with E-state index in [0.717, 1.165) is 0 Å². The average Bonchev–Trinajstić information content (AvgIpc) is 1.98. The topological polar surface area (TPSA) is 35.2 Å². The van der Waals surface area contributed by atoms with E-state index in [1.54, 1.807) is 12.2 Å². The number of hydrogen-bond donors (Lipinski definition) is 1. The Balaban J connectivity index is 3.18. The number of halogens is 1. The van der Waals surface area contributed by atoms with Crippen LogP contribution in [0.1, 0.15) is 6.92 Å². The van der Waals surface area contributed by atoms with Crippen molar-refractivity contribution >= 4 is 0 Å². The molecule has 0 aromatic rings. The van der Waals surface area contributed by atoms with Gasteiger partial charge >= 0.3 is 0 Å². The molecule has 0 saturated heterocycles. The van der Waals surface area contributed by atoms with Gasteiger partial charge < -0.3 is 10.5 Å². The molecule has 0 aromatic heterocycles. The van der Waals surface area contributed by atoms with Crippen molar-refractivity contribution in [2.75, 3.05) is 19.9 Å². The zero-order valence-electron chi connectivity index (χ0n) is 6.22. The Bertz CT molecular complexity index is 95.6. The molecule has 0 heterocycles. The number of nitrogens with two attached hydrogens (primary N) is 1. The van der Waals surface area contributed by atoms with E-state index in [2.05, 4.69) is 0 Å². The van der Waals surface area contributed by atoms with Gasteiger partial charge in [-0.1, -0.05) is 12.2 Å². The lowest BCUT2D eigenvalue weighted by Crippen LogP contribution is -2.18. The summed E-state index contributed by atoms with van der Waals surface area (Å²) in [5, 5.41) is 0. The van der Waals surface area contributed by atoms with E-state index >= 15 is 0 Å². The van der Waals surface area contributed by atoms with Crippen molar-refractivity contribution in [2.24, 2.45) is 5.73 Å². The van der Waals surface area contributed by atoms with E-state index in [1.807, 2.05) is 6.92 Å². The fraction of sp³-hybridized carbons (Fsp3) is 0.714. The molecule has 0 radical (unpaired) electrons. The van der Waals surface area contributed by atoms with Crippen LogP contribution in [-0.2, 0) is 4.74 Å². The number of alkyl halides is 1. The van der Waals surface area contributed by atoms with Gasteiger partial charge in [-0.15, -0.1) is 0 Å².